The van der Waals surface area contributed by atoms with Gasteiger partial charge in [-0.15, -0.1) is 12.4 Å². The van der Waals surface area contributed by atoms with Crippen molar-refractivity contribution in [2.24, 2.45) is 5.73 Å². The molecule has 0 bridgehead atoms. The Morgan fingerprint density at radius 3 is 2.33 bits per heavy atom. The normalized spacial score (nSPS) is 9.33. The maximum atomic E-state index is 11.7. The monoisotopic (exact) mass is 337 g/mol. The van der Waals surface area contributed by atoms with Crippen molar-refractivity contribution in [2.75, 3.05) is 32.6 Å². The highest BCUT2D eigenvalue weighted by Crippen LogP contribution is 2.35. The molecule has 0 heterocycles. The molecule has 0 saturated heterocycles. The molecule has 0 aliphatic heterocycles. The van der Waals surface area contributed by atoms with Gasteiger partial charge in [0, 0.05) is 12.1 Å². The summed E-state index contributed by atoms with van der Waals surface area (Å²) in [5.41, 5.74) is 5.51. The maximum absolute atomic E-state index is 11.7. The molecule has 21 heavy (non-hydrogen) atoms. The zero-order valence-electron chi connectivity index (χ0n) is 11.6. The summed E-state index contributed by atoms with van der Waals surface area (Å²) in [7, 11) is 2.91. The van der Waals surface area contributed by atoms with Crippen molar-refractivity contribution in [1.82, 2.24) is 5.32 Å². The second-order valence-corrected chi connectivity index (χ2v) is 4.12. The Labute approximate surface area is 133 Å². The van der Waals surface area contributed by atoms with E-state index in [4.69, 9.17) is 26.8 Å². The fourth-order valence-electron chi connectivity index (χ4n) is 1.40. The van der Waals surface area contributed by atoms with Crippen LogP contribution in [0.1, 0.15) is 0 Å². The number of carbonyl (C=O) groups is 2. The molecule has 0 atom stereocenters. The Hall–Kier alpha value is -1.70. The Kier molecular flexibility index (Phi) is 8.52. The molecule has 0 aliphatic rings. The van der Waals surface area contributed by atoms with Gasteiger partial charge < -0.3 is 25.8 Å². The van der Waals surface area contributed by atoms with Crippen LogP contribution in [0.2, 0.25) is 5.02 Å². The SMILES string of the molecule is COc1cc(NC(=O)CNC(=O)CN)c(OC)cc1Cl.Cl. The molecule has 0 aliphatic carbocycles. The van der Waals surface area contributed by atoms with Crippen molar-refractivity contribution in [3.05, 3.63) is 17.2 Å². The van der Waals surface area contributed by atoms with Gasteiger partial charge in [0.05, 0.1) is 38.0 Å². The molecule has 0 saturated carbocycles. The highest BCUT2D eigenvalue weighted by atomic mass is 35.5. The number of hydrogen-bond donors (Lipinski definition) is 3. The van der Waals surface area contributed by atoms with E-state index in [2.05, 4.69) is 10.6 Å². The van der Waals surface area contributed by atoms with Gasteiger partial charge in [0.1, 0.15) is 11.5 Å². The fourth-order valence-corrected chi connectivity index (χ4v) is 1.63. The number of benzene rings is 1. The third-order valence-corrected chi connectivity index (χ3v) is 2.67. The average Bonchev–Trinajstić information content (AvgIpc) is 2.45. The summed E-state index contributed by atoms with van der Waals surface area (Å²) in [6, 6.07) is 3.05. The standard InChI is InChI=1S/C12H16ClN3O4.ClH/c1-19-9-4-8(10(20-2)3-7(9)13)16-12(18)6-15-11(17)5-14;/h3-4H,5-6,14H2,1-2H3,(H,15,17)(H,16,18);1H. The van der Waals surface area contributed by atoms with E-state index in [1.807, 2.05) is 0 Å². The zero-order valence-corrected chi connectivity index (χ0v) is 13.1. The number of hydrogen-bond acceptors (Lipinski definition) is 5. The van der Waals surface area contributed by atoms with Crippen LogP contribution in [0.4, 0.5) is 5.69 Å². The van der Waals surface area contributed by atoms with Crippen molar-refractivity contribution < 1.29 is 19.1 Å². The summed E-state index contributed by atoms with van der Waals surface area (Å²) in [4.78, 5) is 22.6. The quantitative estimate of drug-likeness (QED) is 0.712. The molecule has 7 nitrogen and oxygen atoms in total. The Morgan fingerprint density at radius 2 is 1.81 bits per heavy atom. The van der Waals surface area contributed by atoms with Crippen molar-refractivity contribution >= 4 is 41.5 Å². The first kappa shape index (κ1) is 19.3. The van der Waals surface area contributed by atoms with E-state index in [1.165, 1.54) is 26.4 Å². The molecule has 2 amide bonds. The van der Waals surface area contributed by atoms with Crippen LogP contribution in [-0.2, 0) is 9.59 Å². The third kappa shape index (κ3) is 5.66. The Bertz CT molecular complexity index is 512. The van der Waals surface area contributed by atoms with Crippen LogP contribution >= 0.6 is 24.0 Å². The van der Waals surface area contributed by atoms with Crippen LogP contribution in [0.5, 0.6) is 11.5 Å². The van der Waals surface area contributed by atoms with Crippen LogP contribution in [-0.4, -0.2) is 39.1 Å². The summed E-state index contributed by atoms with van der Waals surface area (Å²) in [6.07, 6.45) is 0. The van der Waals surface area contributed by atoms with Crippen molar-refractivity contribution in [3.63, 3.8) is 0 Å². The first-order valence-electron chi connectivity index (χ1n) is 5.70. The predicted octanol–water partition coefficient (Wildman–Crippen LogP) is 0.792. The van der Waals surface area contributed by atoms with Gasteiger partial charge in [-0.2, -0.15) is 0 Å². The topological polar surface area (TPSA) is 103 Å². The Balaban J connectivity index is 0.00000400. The molecule has 0 spiro atoms. The molecular formula is C12H17Cl2N3O4. The highest BCUT2D eigenvalue weighted by molar-refractivity contribution is 6.32. The van der Waals surface area contributed by atoms with Gasteiger partial charge in [-0.1, -0.05) is 11.6 Å². The van der Waals surface area contributed by atoms with Gasteiger partial charge in [-0.25, -0.2) is 0 Å². The number of carbonyl (C=O) groups excluding carboxylic acids is 2. The number of nitrogens with two attached hydrogens (primary N) is 1. The molecule has 0 fully saturated rings. The number of rotatable bonds is 6. The molecule has 1 aromatic carbocycles. The van der Waals surface area contributed by atoms with Crippen LogP contribution in [0.3, 0.4) is 0 Å². The van der Waals surface area contributed by atoms with Crippen LogP contribution in [0, 0.1) is 0 Å². The summed E-state index contributed by atoms with van der Waals surface area (Å²) in [5, 5.41) is 5.30. The van der Waals surface area contributed by atoms with E-state index in [1.54, 1.807) is 0 Å². The van der Waals surface area contributed by atoms with Crippen LogP contribution in [0.15, 0.2) is 12.1 Å². The second kappa shape index (κ2) is 9.28. The van der Waals surface area contributed by atoms with Gasteiger partial charge in [0.15, 0.2) is 0 Å². The molecule has 9 heteroatoms. The number of nitrogens with one attached hydrogen (secondary N) is 2. The molecular weight excluding hydrogens is 321 g/mol. The van der Waals surface area contributed by atoms with E-state index < -0.39 is 11.8 Å². The van der Waals surface area contributed by atoms with Crippen LogP contribution < -0.4 is 25.8 Å². The van der Waals surface area contributed by atoms with E-state index >= 15 is 0 Å². The van der Waals surface area contributed by atoms with E-state index in [0.717, 1.165) is 0 Å². The molecule has 4 N–H and O–H groups in total. The lowest BCUT2D eigenvalue weighted by Gasteiger charge is -2.13. The summed E-state index contributed by atoms with van der Waals surface area (Å²) in [6.45, 7) is -0.366. The first-order valence-corrected chi connectivity index (χ1v) is 6.07. The van der Waals surface area contributed by atoms with E-state index in [-0.39, 0.29) is 25.5 Å². The molecule has 1 rings (SSSR count). The summed E-state index contributed by atoms with van der Waals surface area (Å²) < 4.78 is 10.2. The lowest BCUT2D eigenvalue weighted by atomic mass is 10.2. The second-order valence-electron chi connectivity index (χ2n) is 3.72. The third-order valence-electron chi connectivity index (χ3n) is 2.38. The van der Waals surface area contributed by atoms with Gasteiger partial charge in [0.2, 0.25) is 11.8 Å². The largest absolute Gasteiger partial charge is 0.495 e. The number of ether oxygens (including phenoxy) is 2. The number of halogens is 2. The average molecular weight is 338 g/mol. The minimum atomic E-state index is -0.422. The van der Waals surface area contributed by atoms with Crippen molar-refractivity contribution in [3.8, 4) is 11.5 Å². The zero-order chi connectivity index (χ0) is 15.1. The molecule has 1 aromatic rings. The smallest absolute Gasteiger partial charge is 0.243 e. The first-order chi connectivity index (χ1) is 9.51. The predicted molar refractivity (Wildman–Crippen MR) is 82.5 cm³/mol. The summed E-state index contributed by atoms with van der Waals surface area (Å²) >= 11 is 5.95. The maximum Gasteiger partial charge on any atom is 0.243 e. The lowest BCUT2D eigenvalue weighted by Crippen LogP contribution is -2.36. The van der Waals surface area contributed by atoms with E-state index in [0.29, 0.717) is 22.2 Å². The minimum Gasteiger partial charge on any atom is -0.495 e. The van der Waals surface area contributed by atoms with Gasteiger partial charge >= 0.3 is 0 Å². The van der Waals surface area contributed by atoms with Gasteiger partial charge in [0.25, 0.3) is 0 Å². The molecule has 0 aromatic heterocycles. The van der Waals surface area contributed by atoms with Crippen LogP contribution in [0.25, 0.3) is 0 Å². The fraction of sp³-hybridized carbons (Fsp3) is 0.333. The number of methoxy groups -OCH3 is 2. The van der Waals surface area contributed by atoms with E-state index in [9.17, 15) is 9.59 Å². The Morgan fingerprint density at radius 1 is 1.19 bits per heavy atom. The van der Waals surface area contributed by atoms with Gasteiger partial charge in [-0.05, 0) is 0 Å². The lowest BCUT2D eigenvalue weighted by molar-refractivity contribution is -0.123. The molecule has 0 radical (unpaired) electrons. The highest BCUT2D eigenvalue weighted by Gasteiger charge is 2.12. The number of amides is 2. The number of anilines is 1. The van der Waals surface area contributed by atoms with Crippen molar-refractivity contribution in [1.29, 1.82) is 0 Å². The molecule has 0 unspecified atom stereocenters. The van der Waals surface area contributed by atoms with Crippen molar-refractivity contribution in [2.45, 2.75) is 0 Å². The van der Waals surface area contributed by atoms with Gasteiger partial charge in [-0.3, -0.25) is 9.59 Å². The molecule has 118 valence electrons. The minimum absolute atomic E-state index is 0. The summed E-state index contributed by atoms with van der Waals surface area (Å²) in [5.74, 6) is -0.0571.